The molecule has 0 amide bonds. The number of methoxy groups -OCH3 is 1. The average Bonchev–Trinajstić information content (AvgIpc) is 2.43. The van der Waals surface area contributed by atoms with Crippen LogP contribution in [0.3, 0.4) is 0 Å². The lowest BCUT2D eigenvalue weighted by Gasteiger charge is -2.21. The first-order chi connectivity index (χ1) is 10.2. The largest absolute Gasteiger partial charge is 0.490 e. The highest BCUT2D eigenvalue weighted by Crippen LogP contribution is 2.27. The van der Waals surface area contributed by atoms with Crippen molar-refractivity contribution in [3.05, 3.63) is 29.3 Å². The van der Waals surface area contributed by atoms with Crippen LogP contribution < -0.4 is 10.1 Å². The Morgan fingerprint density at radius 1 is 1.23 bits per heavy atom. The Morgan fingerprint density at radius 3 is 2.45 bits per heavy atom. The first-order valence-electron chi connectivity index (χ1n) is 7.98. The van der Waals surface area contributed by atoms with Crippen molar-refractivity contribution < 1.29 is 19.9 Å². The SMILES string of the molecule is COC[C@@H](C)[NH2+]C[C@@H](O)COc1ccc(C(C)(C)C)cc1C. The van der Waals surface area contributed by atoms with Gasteiger partial charge in [0.05, 0.1) is 6.61 Å². The monoisotopic (exact) mass is 310 g/mol. The van der Waals surface area contributed by atoms with E-state index >= 15 is 0 Å². The maximum Gasteiger partial charge on any atom is 0.137 e. The van der Waals surface area contributed by atoms with Gasteiger partial charge in [0.15, 0.2) is 0 Å². The second kappa shape index (κ2) is 8.51. The number of rotatable bonds is 8. The van der Waals surface area contributed by atoms with Gasteiger partial charge >= 0.3 is 0 Å². The van der Waals surface area contributed by atoms with Crippen LogP contribution in [0.25, 0.3) is 0 Å². The molecule has 0 radical (unpaired) electrons. The molecule has 0 aliphatic heterocycles. The molecule has 0 aliphatic carbocycles. The lowest BCUT2D eigenvalue weighted by atomic mass is 9.86. The van der Waals surface area contributed by atoms with Crippen molar-refractivity contribution in [2.45, 2.75) is 52.2 Å². The molecular weight excluding hydrogens is 278 g/mol. The molecule has 0 heterocycles. The van der Waals surface area contributed by atoms with E-state index in [1.807, 2.05) is 13.0 Å². The zero-order chi connectivity index (χ0) is 16.8. The maximum absolute atomic E-state index is 10.0. The van der Waals surface area contributed by atoms with Crippen molar-refractivity contribution in [1.82, 2.24) is 0 Å². The molecule has 126 valence electrons. The zero-order valence-electron chi connectivity index (χ0n) is 14.8. The molecule has 0 aromatic heterocycles. The Bertz CT molecular complexity index is 454. The average molecular weight is 310 g/mol. The molecule has 4 heteroatoms. The van der Waals surface area contributed by atoms with E-state index in [1.165, 1.54) is 5.56 Å². The maximum atomic E-state index is 10.0. The summed E-state index contributed by atoms with van der Waals surface area (Å²) in [6.45, 7) is 12.3. The lowest BCUT2D eigenvalue weighted by Crippen LogP contribution is -2.92. The molecule has 3 N–H and O–H groups in total. The van der Waals surface area contributed by atoms with Crippen LogP contribution in [-0.4, -0.2) is 44.1 Å². The fraction of sp³-hybridized carbons (Fsp3) is 0.667. The Balaban J connectivity index is 2.47. The summed E-state index contributed by atoms with van der Waals surface area (Å²) in [5.74, 6) is 0.844. The van der Waals surface area contributed by atoms with Crippen molar-refractivity contribution in [1.29, 1.82) is 0 Å². The van der Waals surface area contributed by atoms with E-state index in [0.717, 1.165) is 11.3 Å². The molecule has 4 nitrogen and oxygen atoms in total. The Morgan fingerprint density at radius 2 is 1.91 bits per heavy atom. The number of quaternary nitrogens is 1. The van der Waals surface area contributed by atoms with Crippen LogP contribution in [0.15, 0.2) is 18.2 Å². The molecule has 0 saturated carbocycles. The molecule has 2 atom stereocenters. The standard InChI is InChI=1S/C18H31NO3/c1-13-9-15(18(3,4)5)7-8-17(13)22-12-16(20)10-19-14(2)11-21-6/h7-9,14,16,19-20H,10-12H2,1-6H3/p+1/t14-,16-/m1/s1. The van der Waals surface area contributed by atoms with Crippen LogP contribution in [0, 0.1) is 6.92 Å². The molecule has 0 saturated heterocycles. The summed E-state index contributed by atoms with van der Waals surface area (Å²) in [6.07, 6.45) is -0.485. The van der Waals surface area contributed by atoms with Crippen LogP contribution in [-0.2, 0) is 10.2 Å². The number of hydrogen-bond donors (Lipinski definition) is 2. The molecule has 1 aromatic carbocycles. The summed E-state index contributed by atoms with van der Waals surface area (Å²) in [5, 5.41) is 12.1. The van der Waals surface area contributed by atoms with Crippen LogP contribution in [0.2, 0.25) is 0 Å². The van der Waals surface area contributed by atoms with Crippen molar-refractivity contribution in [2.75, 3.05) is 26.9 Å². The van der Waals surface area contributed by atoms with Gasteiger partial charge in [0.25, 0.3) is 0 Å². The Hall–Kier alpha value is -1.10. The fourth-order valence-corrected chi connectivity index (χ4v) is 2.25. The van der Waals surface area contributed by atoms with E-state index in [2.05, 4.69) is 45.1 Å². The topological polar surface area (TPSA) is 55.3 Å². The van der Waals surface area contributed by atoms with Gasteiger partial charge in [-0.2, -0.15) is 0 Å². The van der Waals surface area contributed by atoms with Crippen LogP contribution in [0.1, 0.15) is 38.8 Å². The number of benzene rings is 1. The molecule has 22 heavy (non-hydrogen) atoms. The van der Waals surface area contributed by atoms with E-state index in [9.17, 15) is 5.11 Å². The van der Waals surface area contributed by atoms with Gasteiger partial charge in [0, 0.05) is 7.11 Å². The minimum atomic E-state index is -0.485. The van der Waals surface area contributed by atoms with Gasteiger partial charge in [-0.3, -0.25) is 0 Å². The zero-order valence-corrected chi connectivity index (χ0v) is 14.8. The van der Waals surface area contributed by atoms with E-state index in [-0.39, 0.29) is 5.41 Å². The first kappa shape index (κ1) is 18.9. The second-order valence-electron chi connectivity index (χ2n) is 7.10. The minimum absolute atomic E-state index is 0.134. The molecule has 0 unspecified atom stereocenters. The number of aryl methyl sites for hydroxylation is 1. The van der Waals surface area contributed by atoms with Gasteiger partial charge in [0.2, 0.25) is 0 Å². The Labute approximate surface area is 134 Å². The molecule has 1 rings (SSSR count). The van der Waals surface area contributed by atoms with E-state index < -0.39 is 6.10 Å². The van der Waals surface area contributed by atoms with Crippen molar-refractivity contribution in [3.8, 4) is 5.75 Å². The predicted molar refractivity (Wildman–Crippen MR) is 89.5 cm³/mol. The number of nitrogens with two attached hydrogens (primary N) is 1. The van der Waals surface area contributed by atoms with E-state index in [0.29, 0.717) is 25.8 Å². The third kappa shape index (κ3) is 6.34. The fourth-order valence-electron chi connectivity index (χ4n) is 2.25. The summed E-state index contributed by atoms with van der Waals surface area (Å²) in [5.41, 5.74) is 2.53. The van der Waals surface area contributed by atoms with E-state index in [4.69, 9.17) is 9.47 Å². The Kier molecular flexibility index (Phi) is 7.33. The van der Waals surface area contributed by atoms with Crippen molar-refractivity contribution >= 4 is 0 Å². The van der Waals surface area contributed by atoms with Gasteiger partial charge in [0.1, 0.15) is 31.0 Å². The summed E-state index contributed by atoms with van der Waals surface area (Å²) in [6, 6.07) is 6.60. The number of ether oxygens (including phenoxy) is 2. The quantitative estimate of drug-likeness (QED) is 0.767. The summed E-state index contributed by atoms with van der Waals surface area (Å²) >= 11 is 0. The molecule has 0 spiro atoms. The molecule has 0 fully saturated rings. The van der Waals surface area contributed by atoms with Gasteiger partial charge in [-0.1, -0.05) is 32.9 Å². The third-order valence-electron chi connectivity index (χ3n) is 3.71. The first-order valence-corrected chi connectivity index (χ1v) is 7.98. The number of aliphatic hydroxyl groups excluding tert-OH is 1. The van der Waals surface area contributed by atoms with Gasteiger partial charge in [-0.15, -0.1) is 0 Å². The normalized spacial score (nSPS) is 14.7. The predicted octanol–water partition coefficient (Wildman–Crippen LogP) is 1.63. The highest BCUT2D eigenvalue weighted by atomic mass is 16.5. The summed E-state index contributed by atoms with van der Waals surface area (Å²) < 4.78 is 10.8. The number of aliphatic hydroxyl groups is 1. The molecule has 1 aromatic rings. The van der Waals surface area contributed by atoms with Crippen molar-refractivity contribution in [2.24, 2.45) is 0 Å². The van der Waals surface area contributed by atoms with Gasteiger partial charge in [-0.05, 0) is 36.5 Å². The van der Waals surface area contributed by atoms with Gasteiger partial charge in [-0.25, -0.2) is 0 Å². The molecular formula is C18H32NO3+. The van der Waals surface area contributed by atoms with E-state index in [1.54, 1.807) is 7.11 Å². The van der Waals surface area contributed by atoms with Gasteiger partial charge < -0.3 is 19.9 Å². The minimum Gasteiger partial charge on any atom is -0.490 e. The van der Waals surface area contributed by atoms with Crippen LogP contribution in [0.5, 0.6) is 5.75 Å². The van der Waals surface area contributed by atoms with Crippen LogP contribution in [0.4, 0.5) is 0 Å². The molecule has 0 bridgehead atoms. The highest BCUT2D eigenvalue weighted by Gasteiger charge is 2.16. The second-order valence-corrected chi connectivity index (χ2v) is 7.10. The van der Waals surface area contributed by atoms with Crippen molar-refractivity contribution in [3.63, 3.8) is 0 Å². The lowest BCUT2D eigenvalue weighted by molar-refractivity contribution is -0.693. The van der Waals surface area contributed by atoms with Crippen LogP contribution >= 0.6 is 0 Å². The molecule has 0 aliphatic rings. The summed E-state index contributed by atoms with van der Waals surface area (Å²) in [4.78, 5) is 0. The smallest absolute Gasteiger partial charge is 0.137 e. The highest BCUT2D eigenvalue weighted by molar-refractivity contribution is 5.38. The third-order valence-corrected chi connectivity index (χ3v) is 3.71. The number of hydrogen-bond acceptors (Lipinski definition) is 3. The summed E-state index contributed by atoms with van der Waals surface area (Å²) in [7, 11) is 1.69.